The number of nitrogens with zero attached hydrogens (tertiary/aromatic N) is 3. The molecular formula is C26H28N4O3S. The molecule has 0 radical (unpaired) electrons. The van der Waals surface area contributed by atoms with Crippen LogP contribution in [-0.4, -0.2) is 40.2 Å². The zero-order valence-corrected chi connectivity index (χ0v) is 20.6. The molecule has 2 aliphatic rings. The van der Waals surface area contributed by atoms with Crippen molar-refractivity contribution in [2.75, 3.05) is 13.2 Å². The Morgan fingerprint density at radius 1 is 1.09 bits per heavy atom. The van der Waals surface area contributed by atoms with Gasteiger partial charge >= 0.3 is 0 Å². The summed E-state index contributed by atoms with van der Waals surface area (Å²) in [4.78, 5) is 16.6. The summed E-state index contributed by atoms with van der Waals surface area (Å²) in [6.45, 7) is 9.09. The normalized spacial score (nSPS) is 16.6. The average molecular weight is 477 g/mol. The highest BCUT2D eigenvalue weighted by molar-refractivity contribution is 8.27. The van der Waals surface area contributed by atoms with Crippen molar-refractivity contribution in [1.29, 1.82) is 5.41 Å². The van der Waals surface area contributed by atoms with Gasteiger partial charge in [-0.25, -0.2) is 0 Å². The van der Waals surface area contributed by atoms with Crippen molar-refractivity contribution in [3.05, 3.63) is 64.7 Å². The first-order valence-corrected chi connectivity index (χ1v) is 12.1. The predicted molar refractivity (Wildman–Crippen MR) is 138 cm³/mol. The number of hydrazone groups is 1. The highest BCUT2D eigenvalue weighted by atomic mass is 32.2. The first kappa shape index (κ1) is 23.8. The van der Waals surface area contributed by atoms with Crippen LogP contribution in [0.4, 0.5) is 0 Å². The molecule has 2 aromatic rings. The number of aryl methyl sites for hydroxylation is 2. The van der Waals surface area contributed by atoms with E-state index in [-0.39, 0.29) is 17.3 Å². The number of aliphatic imine (C=N–C) groups is 1. The topological polar surface area (TPSA) is 87.3 Å². The summed E-state index contributed by atoms with van der Waals surface area (Å²) in [5.41, 5.74) is 3.43. The molecule has 0 fully saturated rings. The van der Waals surface area contributed by atoms with Gasteiger partial charge in [-0.3, -0.25) is 10.2 Å². The molecule has 0 saturated heterocycles. The Kier molecular flexibility index (Phi) is 7.17. The first-order valence-electron chi connectivity index (χ1n) is 11.3. The van der Waals surface area contributed by atoms with Crippen LogP contribution in [0.1, 0.15) is 37.5 Å². The van der Waals surface area contributed by atoms with Gasteiger partial charge in [0, 0.05) is 5.92 Å². The van der Waals surface area contributed by atoms with E-state index < -0.39 is 5.91 Å². The molecule has 0 bridgehead atoms. The summed E-state index contributed by atoms with van der Waals surface area (Å²) in [6, 6.07) is 13.6. The lowest BCUT2D eigenvalue weighted by atomic mass is 10.1. The van der Waals surface area contributed by atoms with E-state index >= 15 is 0 Å². The van der Waals surface area contributed by atoms with Crippen molar-refractivity contribution in [2.45, 2.75) is 34.1 Å². The molecule has 7 nitrogen and oxygen atoms in total. The van der Waals surface area contributed by atoms with Crippen LogP contribution in [0.3, 0.4) is 0 Å². The van der Waals surface area contributed by atoms with Crippen molar-refractivity contribution in [1.82, 2.24) is 5.01 Å². The van der Waals surface area contributed by atoms with Crippen LogP contribution in [0.2, 0.25) is 0 Å². The van der Waals surface area contributed by atoms with Gasteiger partial charge in [-0.1, -0.05) is 39.0 Å². The molecule has 1 amide bonds. The number of hydrogen-bond acceptors (Lipinski definition) is 6. The van der Waals surface area contributed by atoms with Gasteiger partial charge in [-0.2, -0.15) is 15.1 Å². The van der Waals surface area contributed by atoms with Gasteiger partial charge in [0.1, 0.15) is 29.8 Å². The Hall–Kier alpha value is -3.39. The number of fused-ring (bicyclic) bond motifs is 1. The average Bonchev–Trinajstić information content (AvgIpc) is 3.24. The number of thioether (sulfide) groups is 1. The summed E-state index contributed by atoms with van der Waals surface area (Å²) < 4.78 is 11.6. The molecule has 4 rings (SSSR count). The fraction of sp³-hybridized carbons (Fsp3) is 0.308. The van der Waals surface area contributed by atoms with E-state index in [0.29, 0.717) is 24.1 Å². The van der Waals surface area contributed by atoms with E-state index in [1.54, 1.807) is 6.08 Å². The van der Waals surface area contributed by atoms with Crippen molar-refractivity contribution >= 4 is 39.8 Å². The van der Waals surface area contributed by atoms with Crippen LogP contribution in [-0.2, 0) is 11.2 Å². The lowest BCUT2D eigenvalue weighted by Crippen LogP contribution is -2.35. The maximum atomic E-state index is 12.5. The summed E-state index contributed by atoms with van der Waals surface area (Å²) in [5, 5.41) is 15.6. The highest BCUT2D eigenvalue weighted by Gasteiger charge is 2.36. The standard InChI is InChI=1S/C26H28N4O3S/c1-5-18-12-17(4)13-21(14-18)33-11-10-32-20-8-6-19(7-9-20)15-22-23(27)30-26(28-24(22)31)34-25(29-30)16(2)3/h6-9,12-16,27H,5,10-11H2,1-4H3/b22-15-,27-23?. The highest BCUT2D eigenvalue weighted by Crippen LogP contribution is 2.31. The number of carbonyl (C=O) groups is 1. The Balaban J connectivity index is 1.35. The van der Waals surface area contributed by atoms with Gasteiger partial charge in [-0.15, -0.1) is 0 Å². The second kappa shape index (κ2) is 10.3. The molecule has 0 saturated carbocycles. The van der Waals surface area contributed by atoms with E-state index in [2.05, 4.69) is 36.1 Å². The number of amides is 1. The van der Waals surface area contributed by atoms with Gasteiger partial charge in [0.2, 0.25) is 5.17 Å². The Bertz CT molecular complexity index is 1200. The van der Waals surface area contributed by atoms with Crippen LogP contribution in [0, 0.1) is 18.3 Å². The summed E-state index contributed by atoms with van der Waals surface area (Å²) in [6.07, 6.45) is 2.63. The molecule has 176 valence electrons. The molecule has 1 N–H and O–H groups in total. The SMILES string of the molecule is CCc1cc(C)cc(OCCOc2ccc(/C=C3/C(=N)N4N=C(C(C)C)SC4=NC3=O)cc2)c1. The number of nitrogens with one attached hydrogen (secondary N) is 1. The monoisotopic (exact) mass is 476 g/mol. The third kappa shape index (κ3) is 5.39. The Morgan fingerprint density at radius 3 is 2.47 bits per heavy atom. The Morgan fingerprint density at radius 2 is 1.79 bits per heavy atom. The lowest BCUT2D eigenvalue weighted by Gasteiger charge is -2.20. The van der Waals surface area contributed by atoms with Gasteiger partial charge in [0.25, 0.3) is 5.91 Å². The van der Waals surface area contributed by atoms with Crippen molar-refractivity contribution in [3.63, 3.8) is 0 Å². The molecule has 8 heteroatoms. The van der Waals surface area contributed by atoms with Crippen LogP contribution < -0.4 is 9.47 Å². The minimum atomic E-state index is -0.427. The van der Waals surface area contributed by atoms with Gasteiger partial charge in [0.15, 0.2) is 5.84 Å². The fourth-order valence-corrected chi connectivity index (χ4v) is 4.39. The molecule has 0 unspecified atom stereocenters. The second-order valence-corrected chi connectivity index (χ2v) is 9.37. The molecule has 0 aliphatic carbocycles. The molecule has 34 heavy (non-hydrogen) atoms. The van der Waals surface area contributed by atoms with Crippen molar-refractivity contribution in [3.8, 4) is 11.5 Å². The quantitative estimate of drug-likeness (QED) is 0.413. The number of carbonyl (C=O) groups excluding carboxylic acids is 1. The van der Waals surface area contributed by atoms with Crippen molar-refractivity contribution in [2.24, 2.45) is 16.0 Å². The van der Waals surface area contributed by atoms with Crippen LogP contribution in [0.25, 0.3) is 6.08 Å². The third-order valence-corrected chi connectivity index (χ3v) is 6.50. The van der Waals surface area contributed by atoms with Crippen molar-refractivity contribution < 1.29 is 14.3 Å². The van der Waals surface area contributed by atoms with E-state index in [1.165, 1.54) is 27.9 Å². The fourth-order valence-electron chi connectivity index (χ4n) is 3.50. The number of amidine groups is 2. The summed E-state index contributed by atoms with van der Waals surface area (Å²) in [7, 11) is 0. The van der Waals surface area contributed by atoms with Crippen LogP contribution >= 0.6 is 11.8 Å². The first-order chi connectivity index (χ1) is 16.3. The molecule has 2 heterocycles. The minimum absolute atomic E-state index is 0.0398. The molecule has 0 aromatic heterocycles. The predicted octanol–water partition coefficient (Wildman–Crippen LogP) is 5.29. The van der Waals surface area contributed by atoms with E-state index in [0.717, 1.165) is 22.8 Å². The maximum absolute atomic E-state index is 12.5. The van der Waals surface area contributed by atoms with Gasteiger partial charge < -0.3 is 9.47 Å². The Labute approximate surface area is 204 Å². The molecule has 2 aromatic carbocycles. The summed E-state index contributed by atoms with van der Waals surface area (Å²) >= 11 is 1.34. The smallest absolute Gasteiger partial charge is 0.283 e. The van der Waals surface area contributed by atoms with E-state index in [4.69, 9.17) is 14.9 Å². The molecular weight excluding hydrogens is 448 g/mol. The van der Waals surface area contributed by atoms with Crippen LogP contribution in [0.15, 0.2) is 58.1 Å². The molecule has 0 atom stereocenters. The largest absolute Gasteiger partial charge is 0.490 e. The zero-order chi connectivity index (χ0) is 24.2. The number of rotatable bonds is 8. The molecule has 2 aliphatic heterocycles. The number of benzene rings is 2. The zero-order valence-electron chi connectivity index (χ0n) is 19.8. The number of hydrogen-bond donors (Lipinski definition) is 1. The third-order valence-electron chi connectivity index (χ3n) is 5.29. The second-order valence-electron chi connectivity index (χ2n) is 8.39. The maximum Gasteiger partial charge on any atom is 0.283 e. The van der Waals surface area contributed by atoms with E-state index in [9.17, 15) is 4.79 Å². The van der Waals surface area contributed by atoms with Crippen LogP contribution in [0.5, 0.6) is 11.5 Å². The lowest BCUT2D eigenvalue weighted by molar-refractivity contribution is -0.114. The van der Waals surface area contributed by atoms with Gasteiger partial charge in [-0.05, 0) is 72.1 Å². The van der Waals surface area contributed by atoms with E-state index in [1.807, 2.05) is 44.2 Å². The summed E-state index contributed by atoms with van der Waals surface area (Å²) in [5.74, 6) is 1.38. The number of ether oxygens (including phenoxy) is 2. The van der Waals surface area contributed by atoms with Gasteiger partial charge in [0.05, 0.1) is 5.57 Å². The minimum Gasteiger partial charge on any atom is -0.490 e. The molecule has 0 spiro atoms.